The maximum Gasteiger partial charge on any atom is 0.247 e. The molecule has 1 atom stereocenters. The van der Waals surface area contributed by atoms with Crippen molar-refractivity contribution < 1.29 is 9.90 Å². The summed E-state index contributed by atoms with van der Waals surface area (Å²) in [6.07, 6.45) is 12.1. The number of aliphatic hydroxyl groups excluding tert-OH is 1. The lowest BCUT2D eigenvalue weighted by Crippen LogP contribution is -2.37. The number of hydrogen-bond donors (Lipinski definition) is 3. The highest BCUT2D eigenvalue weighted by Gasteiger charge is 2.08. The molecule has 19 heavy (non-hydrogen) atoms. The van der Waals surface area contributed by atoms with Crippen LogP contribution in [0.4, 0.5) is 0 Å². The molecule has 0 saturated carbocycles. The molecule has 0 bridgehead atoms. The minimum atomic E-state index is -1.05. The Bertz CT molecular complexity index is 210. The number of unbranched alkanes of at least 4 members (excludes halogenated alkanes) is 9. The molecular formula is C15H32N2O2. The molecule has 0 aliphatic carbocycles. The SMILES string of the molecule is CCCCCCCCCCCCNCC(O)C(N)=O. The molecule has 1 amide bonds. The van der Waals surface area contributed by atoms with Crippen molar-refractivity contribution in [3.05, 3.63) is 0 Å². The van der Waals surface area contributed by atoms with Crippen LogP contribution in [0, 0.1) is 0 Å². The van der Waals surface area contributed by atoms with Crippen LogP contribution in [-0.2, 0) is 4.79 Å². The van der Waals surface area contributed by atoms with Crippen LogP contribution < -0.4 is 11.1 Å². The number of aliphatic hydroxyl groups is 1. The average molecular weight is 272 g/mol. The van der Waals surface area contributed by atoms with Gasteiger partial charge < -0.3 is 16.2 Å². The van der Waals surface area contributed by atoms with Gasteiger partial charge in [0.2, 0.25) is 5.91 Å². The van der Waals surface area contributed by atoms with E-state index in [2.05, 4.69) is 12.2 Å². The highest BCUT2D eigenvalue weighted by molar-refractivity contribution is 5.78. The second kappa shape index (κ2) is 13.8. The van der Waals surface area contributed by atoms with Gasteiger partial charge in [-0.1, -0.05) is 64.7 Å². The molecule has 0 aromatic carbocycles. The zero-order valence-corrected chi connectivity index (χ0v) is 12.5. The van der Waals surface area contributed by atoms with Gasteiger partial charge in [0.25, 0.3) is 0 Å². The highest BCUT2D eigenvalue weighted by atomic mass is 16.3. The second-order valence-corrected chi connectivity index (χ2v) is 5.30. The number of nitrogens with one attached hydrogen (secondary N) is 1. The minimum Gasteiger partial charge on any atom is -0.382 e. The van der Waals surface area contributed by atoms with Gasteiger partial charge in [0, 0.05) is 6.54 Å². The zero-order chi connectivity index (χ0) is 14.3. The first kappa shape index (κ1) is 18.4. The summed E-state index contributed by atoms with van der Waals surface area (Å²) >= 11 is 0. The molecule has 0 aromatic heterocycles. The quantitative estimate of drug-likeness (QED) is 0.425. The van der Waals surface area contributed by atoms with E-state index >= 15 is 0 Å². The Kier molecular flexibility index (Phi) is 13.4. The topological polar surface area (TPSA) is 75.3 Å². The van der Waals surface area contributed by atoms with E-state index in [0.717, 1.165) is 13.0 Å². The lowest BCUT2D eigenvalue weighted by atomic mass is 10.1. The monoisotopic (exact) mass is 272 g/mol. The molecule has 0 aromatic rings. The molecule has 0 spiro atoms. The average Bonchev–Trinajstić information content (AvgIpc) is 2.39. The molecule has 4 heteroatoms. The van der Waals surface area contributed by atoms with E-state index in [1.807, 2.05) is 0 Å². The molecular weight excluding hydrogens is 240 g/mol. The predicted molar refractivity (Wildman–Crippen MR) is 79.9 cm³/mol. The number of hydrogen-bond acceptors (Lipinski definition) is 3. The summed E-state index contributed by atoms with van der Waals surface area (Å²) in [4.78, 5) is 10.6. The molecule has 114 valence electrons. The van der Waals surface area contributed by atoms with Crippen LogP contribution in [0.1, 0.15) is 71.1 Å². The maximum atomic E-state index is 10.6. The van der Waals surface area contributed by atoms with Gasteiger partial charge in [-0.05, 0) is 13.0 Å². The Hall–Kier alpha value is -0.610. The summed E-state index contributed by atoms with van der Waals surface area (Å²) in [5, 5.41) is 12.2. The van der Waals surface area contributed by atoms with Gasteiger partial charge in [-0.15, -0.1) is 0 Å². The third kappa shape index (κ3) is 13.6. The summed E-state index contributed by atoms with van der Waals surface area (Å²) in [5.74, 6) is -0.657. The maximum absolute atomic E-state index is 10.6. The van der Waals surface area contributed by atoms with E-state index in [1.54, 1.807) is 0 Å². The number of carbonyl (C=O) groups excluding carboxylic acids is 1. The number of amides is 1. The summed E-state index contributed by atoms with van der Waals surface area (Å²) in [6, 6.07) is 0. The van der Waals surface area contributed by atoms with Crippen LogP contribution in [0.25, 0.3) is 0 Å². The molecule has 0 rings (SSSR count). The standard InChI is InChI=1S/C15H32N2O2/c1-2-3-4-5-6-7-8-9-10-11-12-17-13-14(18)15(16)19/h14,17-18H,2-13H2,1H3,(H2,16,19). The smallest absolute Gasteiger partial charge is 0.247 e. The van der Waals surface area contributed by atoms with E-state index in [0.29, 0.717) is 0 Å². The molecule has 1 unspecified atom stereocenters. The fourth-order valence-corrected chi connectivity index (χ4v) is 2.08. The van der Waals surface area contributed by atoms with Crippen LogP contribution in [-0.4, -0.2) is 30.2 Å². The van der Waals surface area contributed by atoms with Gasteiger partial charge in [-0.2, -0.15) is 0 Å². The Morgan fingerprint density at radius 1 is 1.00 bits per heavy atom. The van der Waals surface area contributed by atoms with Gasteiger partial charge in [0.15, 0.2) is 0 Å². The number of rotatable bonds is 14. The molecule has 0 aliphatic heterocycles. The van der Waals surface area contributed by atoms with Gasteiger partial charge in [-0.25, -0.2) is 0 Å². The van der Waals surface area contributed by atoms with Crippen molar-refractivity contribution in [3.8, 4) is 0 Å². The van der Waals surface area contributed by atoms with E-state index in [9.17, 15) is 4.79 Å². The van der Waals surface area contributed by atoms with Crippen LogP contribution in [0.2, 0.25) is 0 Å². The fraction of sp³-hybridized carbons (Fsp3) is 0.933. The van der Waals surface area contributed by atoms with Gasteiger partial charge in [0.1, 0.15) is 6.10 Å². The van der Waals surface area contributed by atoms with E-state index in [4.69, 9.17) is 10.8 Å². The molecule has 4 nitrogen and oxygen atoms in total. The zero-order valence-electron chi connectivity index (χ0n) is 12.5. The van der Waals surface area contributed by atoms with Crippen molar-refractivity contribution in [2.45, 2.75) is 77.2 Å². The van der Waals surface area contributed by atoms with Gasteiger partial charge >= 0.3 is 0 Å². The number of carbonyl (C=O) groups is 1. The molecule has 0 saturated heterocycles. The Labute approximate surface area is 118 Å². The van der Waals surface area contributed by atoms with Crippen molar-refractivity contribution in [2.24, 2.45) is 5.73 Å². The second-order valence-electron chi connectivity index (χ2n) is 5.30. The molecule has 0 heterocycles. The Balaban J connectivity index is 3.05. The van der Waals surface area contributed by atoms with Crippen molar-refractivity contribution >= 4 is 5.91 Å². The van der Waals surface area contributed by atoms with Crippen molar-refractivity contribution in [1.82, 2.24) is 5.32 Å². The Morgan fingerprint density at radius 2 is 1.47 bits per heavy atom. The third-order valence-electron chi connectivity index (χ3n) is 3.37. The van der Waals surface area contributed by atoms with Crippen LogP contribution in [0.5, 0.6) is 0 Å². The van der Waals surface area contributed by atoms with E-state index in [-0.39, 0.29) is 6.54 Å². The summed E-state index contributed by atoms with van der Waals surface area (Å²) in [6.45, 7) is 3.37. The lowest BCUT2D eigenvalue weighted by molar-refractivity contribution is -0.125. The fourth-order valence-electron chi connectivity index (χ4n) is 2.08. The van der Waals surface area contributed by atoms with Gasteiger partial charge in [-0.3, -0.25) is 4.79 Å². The molecule has 0 aliphatic rings. The summed E-state index contributed by atoms with van der Waals surface area (Å²) < 4.78 is 0. The molecule has 0 radical (unpaired) electrons. The van der Waals surface area contributed by atoms with Gasteiger partial charge in [0.05, 0.1) is 0 Å². The minimum absolute atomic E-state index is 0.271. The molecule has 4 N–H and O–H groups in total. The lowest BCUT2D eigenvalue weighted by Gasteiger charge is -2.08. The third-order valence-corrected chi connectivity index (χ3v) is 3.37. The van der Waals surface area contributed by atoms with E-state index < -0.39 is 12.0 Å². The van der Waals surface area contributed by atoms with Crippen LogP contribution in [0.3, 0.4) is 0 Å². The van der Waals surface area contributed by atoms with Crippen molar-refractivity contribution in [1.29, 1.82) is 0 Å². The number of primary amides is 1. The van der Waals surface area contributed by atoms with Crippen LogP contribution in [0.15, 0.2) is 0 Å². The first-order valence-electron chi connectivity index (χ1n) is 7.86. The highest BCUT2D eigenvalue weighted by Crippen LogP contribution is 2.10. The van der Waals surface area contributed by atoms with E-state index in [1.165, 1.54) is 57.8 Å². The van der Waals surface area contributed by atoms with Crippen LogP contribution >= 0.6 is 0 Å². The van der Waals surface area contributed by atoms with Crippen molar-refractivity contribution in [3.63, 3.8) is 0 Å². The summed E-state index contributed by atoms with van der Waals surface area (Å²) in [5.41, 5.74) is 4.95. The first-order valence-corrected chi connectivity index (χ1v) is 7.86. The predicted octanol–water partition coefficient (Wildman–Crippen LogP) is 2.34. The first-order chi connectivity index (χ1) is 9.18. The normalized spacial score (nSPS) is 12.5. The molecule has 0 fully saturated rings. The Morgan fingerprint density at radius 3 is 1.95 bits per heavy atom. The largest absolute Gasteiger partial charge is 0.382 e. The number of nitrogens with two attached hydrogens (primary N) is 1. The van der Waals surface area contributed by atoms with Crippen molar-refractivity contribution in [2.75, 3.05) is 13.1 Å². The summed E-state index contributed by atoms with van der Waals surface area (Å²) in [7, 11) is 0.